The first-order chi connectivity index (χ1) is 14.2. The summed E-state index contributed by atoms with van der Waals surface area (Å²) in [5.41, 5.74) is 1.95. The van der Waals surface area contributed by atoms with Gasteiger partial charge < -0.3 is 19.1 Å². The molecule has 0 radical (unpaired) electrons. The van der Waals surface area contributed by atoms with Gasteiger partial charge in [0.15, 0.2) is 11.5 Å². The van der Waals surface area contributed by atoms with E-state index in [4.69, 9.17) is 25.8 Å². The number of H-pyrrole nitrogens is 1. The molecule has 0 aliphatic carbocycles. The summed E-state index contributed by atoms with van der Waals surface area (Å²) < 4.78 is 16.7. The van der Waals surface area contributed by atoms with Gasteiger partial charge in [-0.1, -0.05) is 11.6 Å². The zero-order chi connectivity index (χ0) is 19.8. The highest BCUT2D eigenvalue weighted by Gasteiger charge is 2.30. The Kier molecular flexibility index (Phi) is 4.48. The van der Waals surface area contributed by atoms with Crippen LogP contribution < -0.4 is 14.2 Å². The van der Waals surface area contributed by atoms with E-state index in [2.05, 4.69) is 15.2 Å². The summed E-state index contributed by atoms with van der Waals surface area (Å²) in [7, 11) is 0. The summed E-state index contributed by atoms with van der Waals surface area (Å²) in [5.74, 6) is 1.84. The zero-order valence-electron chi connectivity index (χ0n) is 15.3. The number of halogens is 1. The number of pyridine rings is 1. The fourth-order valence-electron chi connectivity index (χ4n) is 3.45. The monoisotopic (exact) mass is 412 g/mol. The highest BCUT2D eigenvalue weighted by Crippen LogP contribution is 2.35. The van der Waals surface area contributed by atoms with Crippen molar-refractivity contribution in [1.29, 1.82) is 0 Å². The van der Waals surface area contributed by atoms with Crippen molar-refractivity contribution in [1.82, 2.24) is 20.1 Å². The van der Waals surface area contributed by atoms with E-state index >= 15 is 0 Å². The minimum Gasteiger partial charge on any atom is -0.487 e. The number of carbonyl (C=O) groups is 1. The minimum absolute atomic E-state index is 0.114. The van der Waals surface area contributed by atoms with Gasteiger partial charge in [-0.05, 0) is 24.3 Å². The number of aromatic nitrogens is 3. The Labute approximate surface area is 171 Å². The largest absolute Gasteiger partial charge is 0.487 e. The normalized spacial score (nSPS) is 17.6. The third-order valence-corrected chi connectivity index (χ3v) is 5.22. The SMILES string of the molecule is O=C(c1cc(-c2ccc3c(c2)OCO3)n[nH]1)N1CCC(Oc2ccncc2Cl)C1. The lowest BCUT2D eigenvalue weighted by Crippen LogP contribution is -2.31. The molecule has 1 saturated heterocycles. The summed E-state index contributed by atoms with van der Waals surface area (Å²) in [6.45, 7) is 1.30. The molecular formula is C20H17ClN4O4. The molecule has 0 spiro atoms. The summed E-state index contributed by atoms with van der Waals surface area (Å²) in [6.07, 6.45) is 3.78. The number of likely N-dealkylation sites (tertiary alicyclic amines) is 1. The molecule has 4 heterocycles. The Balaban J connectivity index is 1.26. The first-order valence-electron chi connectivity index (χ1n) is 9.18. The van der Waals surface area contributed by atoms with Crippen molar-refractivity contribution < 1.29 is 19.0 Å². The summed E-state index contributed by atoms with van der Waals surface area (Å²) in [4.78, 5) is 18.6. The van der Waals surface area contributed by atoms with Crippen molar-refractivity contribution in [3.8, 4) is 28.5 Å². The average Bonchev–Trinajstić information content (AvgIpc) is 3.49. The second-order valence-corrected chi connectivity index (χ2v) is 7.23. The van der Waals surface area contributed by atoms with Crippen LogP contribution in [-0.2, 0) is 0 Å². The Morgan fingerprint density at radius 3 is 3.03 bits per heavy atom. The number of rotatable bonds is 4. The number of aromatic amines is 1. The molecule has 2 aliphatic heterocycles. The van der Waals surface area contributed by atoms with E-state index in [1.165, 1.54) is 6.20 Å². The van der Waals surface area contributed by atoms with E-state index in [0.717, 1.165) is 12.0 Å². The van der Waals surface area contributed by atoms with Crippen LogP contribution in [0.4, 0.5) is 0 Å². The van der Waals surface area contributed by atoms with E-state index in [-0.39, 0.29) is 18.8 Å². The van der Waals surface area contributed by atoms with Crippen LogP contribution in [0.15, 0.2) is 42.7 Å². The van der Waals surface area contributed by atoms with Crippen molar-refractivity contribution in [2.24, 2.45) is 0 Å². The predicted octanol–water partition coefficient (Wildman–Crippen LogP) is 3.15. The van der Waals surface area contributed by atoms with Gasteiger partial charge >= 0.3 is 0 Å². The van der Waals surface area contributed by atoms with Crippen LogP contribution in [0.3, 0.4) is 0 Å². The maximum Gasteiger partial charge on any atom is 0.272 e. The molecular weight excluding hydrogens is 396 g/mol. The molecule has 3 aromatic rings. The van der Waals surface area contributed by atoms with Gasteiger partial charge in [0.2, 0.25) is 6.79 Å². The van der Waals surface area contributed by atoms with Gasteiger partial charge in [0, 0.05) is 37.0 Å². The molecule has 29 heavy (non-hydrogen) atoms. The lowest BCUT2D eigenvalue weighted by Gasteiger charge is -2.16. The zero-order valence-corrected chi connectivity index (χ0v) is 16.1. The molecule has 1 fully saturated rings. The molecule has 1 unspecified atom stereocenters. The van der Waals surface area contributed by atoms with Gasteiger partial charge in [0.05, 0.1) is 12.2 Å². The molecule has 148 valence electrons. The second kappa shape index (κ2) is 7.29. The number of nitrogens with zero attached hydrogens (tertiary/aromatic N) is 3. The molecule has 5 rings (SSSR count). The molecule has 0 bridgehead atoms. The van der Waals surface area contributed by atoms with Crippen LogP contribution in [0.25, 0.3) is 11.3 Å². The van der Waals surface area contributed by atoms with Crippen molar-refractivity contribution in [2.75, 3.05) is 19.9 Å². The summed E-state index contributed by atoms with van der Waals surface area (Å²) >= 11 is 6.10. The average molecular weight is 413 g/mol. The van der Waals surface area contributed by atoms with Gasteiger partial charge in [-0.2, -0.15) is 5.10 Å². The van der Waals surface area contributed by atoms with E-state index < -0.39 is 0 Å². The molecule has 1 amide bonds. The summed E-state index contributed by atoms with van der Waals surface area (Å²) in [6, 6.07) is 9.04. The Morgan fingerprint density at radius 1 is 1.24 bits per heavy atom. The quantitative estimate of drug-likeness (QED) is 0.708. The molecule has 2 aromatic heterocycles. The Bertz CT molecular complexity index is 1070. The maximum absolute atomic E-state index is 12.9. The standard InChI is InChI=1S/C20H17ClN4O4/c21-14-9-22-5-3-17(14)29-13-4-6-25(10-13)20(26)16-8-15(23-24-16)12-1-2-18-19(7-12)28-11-27-18/h1-3,5,7-9,13H,4,6,10-11H2,(H,23,24). The third-order valence-electron chi connectivity index (χ3n) is 4.94. The molecule has 0 saturated carbocycles. The van der Waals surface area contributed by atoms with Crippen LogP contribution in [0.1, 0.15) is 16.9 Å². The van der Waals surface area contributed by atoms with Gasteiger partial charge in [0.1, 0.15) is 22.6 Å². The van der Waals surface area contributed by atoms with E-state index in [0.29, 0.717) is 46.7 Å². The van der Waals surface area contributed by atoms with Crippen molar-refractivity contribution in [3.63, 3.8) is 0 Å². The molecule has 1 atom stereocenters. The number of carbonyl (C=O) groups excluding carboxylic acids is 1. The third kappa shape index (κ3) is 3.47. The van der Waals surface area contributed by atoms with Crippen LogP contribution in [0.2, 0.25) is 5.02 Å². The Morgan fingerprint density at radius 2 is 2.14 bits per heavy atom. The van der Waals surface area contributed by atoms with Gasteiger partial charge in [-0.15, -0.1) is 0 Å². The highest BCUT2D eigenvalue weighted by atomic mass is 35.5. The van der Waals surface area contributed by atoms with Gasteiger partial charge in [-0.25, -0.2) is 0 Å². The first kappa shape index (κ1) is 17.8. The van der Waals surface area contributed by atoms with Gasteiger partial charge in [-0.3, -0.25) is 14.9 Å². The van der Waals surface area contributed by atoms with E-state index in [1.54, 1.807) is 23.2 Å². The van der Waals surface area contributed by atoms with Crippen molar-refractivity contribution in [3.05, 3.63) is 53.4 Å². The number of ether oxygens (including phenoxy) is 3. The smallest absolute Gasteiger partial charge is 0.272 e. The molecule has 2 aliphatic rings. The number of amides is 1. The fraction of sp³-hybridized carbons (Fsp3) is 0.250. The van der Waals surface area contributed by atoms with Crippen LogP contribution >= 0.6 is 11.6 Å². The molecule has 8 nitrogen and oxygen atoms in total. The number of nitrogens with one attached hydrogen (secondary N) is 1. The first-order valence-corrected chi connectivity index (χ1v) is 9.56. The van der Waals surface area contributed by atoms with Gasteiger partial charge in [0.25, 0.3) is 5.91 Å². The van der Waals surface area contributed by atoms with E-state index in [9.17, 15) is 4.79 Å². The van der Waals surface area contributed by atoms with E-state index in [1.807, 2.05) is 18.2 Å². The molecule has 1 N–H and O–H groups in total. The van der Waals surface area contributed by atoms with Crippen molar-refractivity contribution in [2.45, 2.75) is 12.5 Å². The lowest BCUT2D eigenvalue weighted by atomic mass is 10.1. The number of hydrogen-bond acceptors (Lipinski definition) is 6. The summed E-state index contributed by atoms with van der Waals surface area (Å²) in [5, 5.41) is 7.57. The maximum atomic E-state index is 12.9. The van der Waals surface area contributed by atoms with Crippen LogP contribution in [0, 0.1) is 0 Å². The minimum atomic E-state index is -0.116. The lowest BCUT2D eigenvalue weighted by molar-refractivity contribution is 0.0766. The topological polar surface area (TPSA) is 89.6 Å². The molecule has 9 heteroatoms. The van der Waals surface area contributed by atoms with Crippen LogP contribution in [0.5, 0.6) is 17.2 Å². The predicted molar refractivity (Wildman–Crippen MR) is 104 cm³/mol. The number of benzene rings is 1. The second-order valence-electron chi connectivity index (χ2n) is 6.82. The number of hydrogen-bond donors (Lipinski definition) is 1. The molecule has 1 aromatic carbocycles. The highest BCUT2D eigenvalue weighted by molar-refractivity contribution is 6.31. The number of fused-ring (bicyclic) bond motifs is 1. The Hall–Kier alpha value is -3.26. The fourth-order valence-corrected chi connectivity index (χ4v) is 3.62. The van der Waals surface area contributed by atoms with Crippen LogP contribution in [-0.4, -0.2) is 52.0 Å². The van der Waals surface area contributed by atoms with Crippen molar-refractivity contribution >= 4 is 17.5 Å².